The smallest absolute Gasteiger partial charge is 0.185 e. The van der Waals surface area contributed by atoms with E-state index in [1.165, 1.54) is 24.1 Å². The van der Waals surface area contributed by atoms with Gasteiger partial charge in [-0.15, -0.1) is 11.3 Å². The minimum absolute atomic E-state index is 0.308. The Labute approximate surface area is 119 Å². The monoisotopic (exact) mass is 283 g/mol. The van der Waals surface area contributed by atoms with Gasteiger partial charge in [0.25, 0.3) is 0 Å². The fourth-order valence-electron chi connectivity index (χ4n) is 2.69. The second-order valence-corrected chi connectivity index (χ2v) is 6.68. The van der Waals surface area contributed by atoms with E-state index in [1.54, 1.807) is 11.3 Å². The summed E-state index contributed by atoms with van der Waals surface area (Å²) in [5.41, 5.74) is 1.12. The van der Waals surface area contributed by atoms with Gasteiger partial charge >= 0.3 is 0 Å². The molecule has 19 heavy (non-hydrogen) atoms. The van der Waals surface area contributed by atoms with E-state index in [2.05, 4.69) is 22.1 Å². The van der Waals surface area contributed by atoms with E-state index in [0.717, 1.165) is 23.8 Å². The summed E-state index contributed by atoms with van der Waals surface area (Å²) in [6.07, 6.45) is 4.87. The Hall–Kier alpha value is -0.650. The van der Waals surface area contributed by atoms with Gasteiger partial charge in [0, 0.05) is 38.2 Å². The van der Waals surface area contributed by atoms with Crippen molar-refractivity contribution in [3.8, 4) is 0 Å². The number of thiazole rings is 1. The van der Waals surface area contributed by atoms with Crippen molar-refractivity contribution in [2.45, 2.75) is 45.2 Å². The SMILES string of the molecule is Cc1nc(N(C)C)sc1CNC1CCCCC1CO. The van der Waals surface area contributed by atoms with Gasteiger partial charge in [0.05, 0.1) is 5.69 Å². The fourth-order valence-corrected chi connectivity index (χ4v) is 3.62. The number of rotatable bonds is 5. The van der Waals surface area contributed by atoms with Crippen molar-refractivity contribution in [2.75, 3.05) is 25.6 Å². The first-order chi connectivity index (χ1) is 9.11. The van der Waals surface area contributed by atoms with Crippen molar-refractivity contribution in [3.05, 3.63) is 10.6 Å². The molecule has 0 bridgehead atoms. The number of aryl methyl sites for hydroxylation is 1. The van der Waals surface area contributed by atoms with Crippen LogP contribution in [0.15, 0.2) is 0 Å². The highest BCUT2D eigenvalue weighted by molar-refractivity contribution is 7.15. The zero-order valence-corrected chi connectivity index (χ0v) is 13.0. The molecule has 0 saturated heterocycles. The molecule has 108 valence electrons. The summed E-state index contributed by atoms with van der Waals surface area (Å²) in [6, 6.07) is 0.461. The van der Waals surface area contributed by atoms with E-state index in [-0.39, 0.29) is 0 Å². The van der Waals surface area contributed by atoms with Gasteiger partial charge in [-0.2, -0.15) is 0 Å². The molecule has 0 amide bonds. The van der Waals surface area contributed by atoms with Gasteiger partial charge < -0.3 is 15.3 Å². The van der Waals surface area contributed by atoms with Crippen LogP contribution in [0.2, 0.25) is 0 Å². The molecule has 5 heteroatoms. The molecule has 0 spiro atoms. The number of aliphatic hydroxyl groups is 1. The predicted molar refractivity (Wildman–Crippen MR) is 80.8 cm³/mol. The summed E-state index contributed by atoms with van der Waals surface area (Å²) in [5.74, 6) is 0.426. The van der Waals surface area contributed by atoms with Gasteiger partial charge in [-0.1, -0.05) is 12.8 Å². The lowest BCUT2D eigenvalue weighted by Gasteiger charge is -2.30. The molecular formula is C14H25N3OS. The van der Waals surface area contributed by atoms with Crippen LogP contribution in [0, 0.1) is 12.8 Å². The number of hydrogen-bond acceptors (Lipinski definition) is 5. The van der Waals surface area contributed by atoms with E-state index in [0.29, 0.717) is 18.6 Å². The molecule has 4 nitrogen and oxygen atoms in total. The number of nitrogens with zero attached hydrogens (tertiary/aromatic N) is 2. The van der Waals surface area contributed by atoms with Crippen molar-refractivity contribution in [1.82, 2.24) is 10.3 Å². The molecule has 2 unspecified atom stereocenters. The van der Waals surface area contributed by atoms with Crippen molar-refractivity contribution in [1.29, 1.82) is 0 Å². The largest absolute Gasteiger partial charge is 0.396 e. The number of aromatic nitrogens is 1. The maximum Gasteiger partial charge on any atom is 0.185 e. The van der Waals surface area contributed by atoms with E-state index < -0.39 is 0 Å². The number of aliphatic hydroxyl groups excluding tert-OH is 1. The van der Waals surface area contributed by atoms with Gasteiger partial charge in [-0.05, 0) is 25.7 Å². The third-order valence-electron chi connectivity index (χ3n) is 3.93. The number of hydrogen-bond donors (Lipinski definition) is 2. The zero-order valence-electron chi connectivity index (χ0n) is 12.1. The molecule has 2 N–H and O–H groups in total. The maximum atomic E-state index is 9.43. The summed E-state index contributed by atoms with van der Waals surface area (Å²) in [4.78, 5) is 7.93. The summed E-state index contributed by atoms with van der Waals surface area (Å²) in [7, 11) is 4.05. The van der Waals surface area contributed by atoms with Crippen molar-refractivity contribution in [3.63, 3.8) is 0 Å². The van der Waals surface area contributed by atoms with Crippen LogP contribution in [0.4, 0.5) is 5.13 Å². The lowest BCUT2D eigenvalue weighted by molar-refractivity contribution is 0.152. The third-order valence-corrected chi connectivity index (χ3v) is 5.26. The highest BCUT2D eigenvalue weighted by Crippen LogP contribution is 2.27. The van der Waals surface area contributed by atoms with Crippen molar-refractivity contribution in [2.24, 2.45) is 5.92 Å². The highest BCUT2D eigenvalue weighted by atomic mass is 32.1. The van der Waals surface area contributed by atoms with E-state index in [9.17, 15) is 5.11 Å². The quantitative estimate of drug-likeness (QED) is 0.869. The van der Waals surface area contributed by atoms with Gasteiger partial charge in [-0.3, -0.25) is 0 Å². The molecule has 0 radical (unpaired) electrons. The molecule has 0 aromatic carbocycles. The van der Waals surface area contributed by atoms with Crippen LogP contribution >= 0.6 is 11.3 Å². The standard InChI is InChI=1S/C14H25N3OS/c1-10-13(19-14(16-10)17(2)3)8-15-12-7-5-4-6-11(12)9-18/h11-12,15,18H,4-9H2,1-3H3. The number of anilines is 1. The molecule has 2 rings (SSSR count). The normalized spacial score (nSPS) is 23.6. The Morgan fingerprint density at radius 2 is 2.11 bits per heavy atom. The first kappa shape index (κ1) is 14.8. The lowest BCUT2D eigenvalue weighted by atomic mass is 9.85. The van der Waals surface area contributed by atoms with Crippen LogP contribution in [-0.4, -0.2) is 36.8 Å². The summed E-state index contributed by atoms with van der Waals surface area (Å²) < 4.78 is 0. The molecule has 1 aliphatic rings. The topological polar surface area (TPSA) is 48.4 Å². The predicted octanol–water partition coefficient (Wildman–Crippen LogP) is 2.16. The molecule has 2 atom stereocenters. The van der Waals surface area contributed by atoms with Gasteiger partial charge in [-0.25, -0.2) is 4.98 Å². The zero-order chi connectivity index (χ0) is 13.8. The molecular weight excluding hydrogens is 258 g/mol. The molecule has 1 aliphatic carbocycles. The average molecular weight is 283 g/mol. The van der Waals surface area contributed by atoms with Gasteiger partial charge in [0.1, 0.15) is 0 Å². The Balaban J connectivity index is 1.94. The molecule has 1 aromatic rings. The minimum atomic E-state index is 0.308. The van der Waals surface area contributed by atoms with Crippen LogP contribution in [0.25, 0.3) is 0 Å². The summed E-state index contributed by atoms with van der Waals surface area (Å²) in [5, 5.41) is 14.1. The highest BCUT2D eigenvalue weighted by Gasteiger charge is 2.24. The van der Waals surface area contributed by atoms with Crippen LogP contribution in [0.5, 0.6) is 0 Å². The number of nitrogens with one attached hydrogen (secondary N) is 1. The average Bonchev–Trinajstić information content (AvgIpc) is 2.78. The third kappa shape index (κ3) is 3.68. The van der Waals surface area contributed by atoms with Crippen LogP contribution < -0.4 is 10.2 Å². The molecule has 0 aliphatic heterocycles. The summed E-state index contributed by atoms with van der Waals surface area (Å²) >= 11 is 1.75. The van der Waals surface area contributed by atoms with E-state index in [4.69, 9.17) is 0 Å². The Morgan fingerprint density at radius 3 is 2.74 bits per heavy atom. The maximum absolute atomic E-state index is 9.43. The van der Waals surface area contributed by atoms with E-state index >= 15 is 0 Å². The minimum Gasteiger partial charge on any atom is -0.396 e. The molecule has 1 saturated carbocycles. The molecule has 1 fully saturated rings. The second kappa shape index (κ2) is 6.68. The molecule has 1 heterocycles. The van der Waals surface area contributed by atoms with Crippen LogP contribution in [0.1, 0.15) is 36.3 Å². The Morgan fingerprint density at radius 1 is 1.37 bits per heavy atom. The first-order valence-corrected chi connectivity index (χ1v) is 7.91. The summed E-state index contributed by atoms with van der Waals surface area (Å²) in [6.45, 7) is 3.26. The van der Waals surface area contributed by atoms with Crippen LogP contribution in [-0.2, 0) is 6.54 Å². The Bertz CT molecular complexity index is 405. The van der Waals surface area contributed by atoms with Crippen LogP contribution in [0.3, 0.4) is 0 Å². The second-order valence-electron chi connectivity index (χ2n) is 5.61. The Kier molecular flexibility index (Phi) is 5.19. The van der Waals surface area contributed by atoms with Gasteiger partial charge in [0.15, 0.2) is 5.13 Å². The van der Waals surface area contributed by atoms with Crippen molar-refractivity contribution >= 4 is 16.5 Å². The first-order valence-electron chi connectivity index (χ1n) is 7.09. The van der Waals surface area contributed by atoms with Gasteiger partial charge in [0.2, 0.25) is 0 Å². The molecule has 1 aromatic heterocycles. The van der Waals surface area contributed by atoms with Crippen molar-refractivity contribution < 1.29 is 5.11 Å². The lowest BCUT2D eigenvalue weighted by Crippen LogP contribution is -2.39. The fraction of sp³-hybridized carbons (Fsp3) is 0.786. The van der Waals surface area contributed by atoms with E-state index in [1.807, 2.05) is 14.1 Å².